The standard InChI is InChI=1S/C30H40FN3O4.C28H38FN3O3/c1-4-17(2)29(36)33-27(19-8-6-5-7-9-19)30(37)34-16-26(38-18(3)35)23-13-12-22(28(23)34)24-15-32-25-14-20(31)10-11-21(24)25;1-3-16(2)27(34)31-25(17-7-5-4-6-8-17)28(35)32-15-24(33)21-12-11-20(26(21)32)22-14-30-23-13-18(29)9-10-19(22)23/h10-11,14-15,17,19,22-23,26-28,32H,4-9,12-13,16H2,1-3H3,(H,33,36);9-10,13-14,16-17,20-21,24-26,30,33H,3-8,11-12,15H2,1-2H3,(H,31,34)/t17-,22+,23-,26-,27+,28-;16-,20+,21-,24-,25+,26-/m11/s1. The lowest BCUT2D eigenvalue weighted by Gasteiger charge is -2.36. The maximum atomic E-state index is 14.4. The molecule has 2 aromatic carbocycles. The number of nitrogens with zero attached hydrogens (tertiary/aromatic N) is 2. The molecule has 0 unspecified atom stereocenters. The molecule has 2 saturated heterocycles. The largest absolute Gasteiger partial charge is 0.460 e. The van der Waals surface area contributed by atoms with Gasteiger partial charge in [-0.3, -0.25) is 24.0 Å². The third kappa shape index (κ3) is 10.8. The summed E-state index contributed by atoms with van der Waals surface area (Å²) in [5, 5.41) is 19.2. The molecule has 4 amide bonds. The first-order chi connectivity index (χ1) is 35.2. The monoisotopic (exact) mass is 1010 g/mol. The molecular formula is C58H78F2N6O7. The molecule has 2 aliphatic heterocycles. The number of esters is 1. The fraction of sp³-hybridized carbons (Fsp3) is 0.638. The number of carbonyl (C=O) groups is 5. The zero-order valence-corrected chi connectivity index (χ0v) is 43.5. The van der Waals surface area contributed by atoms with Crippen LogP contribution in [0.2, 0.25) is 0 Å². The topological polar surface area (TPSA) is 177 Å². The number of ether oxygens (including phenoxy) is 1. The maximum Gasteiger partial charge on any atom is 0.302 e. The highest BCUT2D eigenvalue weighted by Crippen LogP contribution is 2.51. The Hall–Kier alpha value is -5.31. The summed E-state index contributed by atoms with van der Waals surface area (Å²) in [6.45, 7) is 9.82. The Morgan fingerprint density at radius 2 is 1.08 bits per heavy atom. The summed E-state index contributed by atoms with van der Waals surface area (Å²) in [6, 6.07) is 8.15. The maximum absolute atomic E-state index is 14.4. The number of halogens is 2. The Bertz CT molecular complexity index is 2620. The highest BCUT2D eigenvalue weighted by molar-refractivity contribution is 5.91. The number of nitrogens with one attached hydrogen (secondary N) is 4. The number of H-pyrrole nitrogens is 2. The van der Waals surface area contributed by atoms with E-state index in [4.69, 9.17) is 4.74 Å². The molecule has 2 aromatic heterocycles. The van der Waals surface area contributed by atoms with Crippen LogP contribution in [0.3, 0.4) is 0 Å². The van der Waals surface area contributed by atoms with Crippen LogP contribution in [-0.4, -0.2) is 104 Å². The third-order valence-corrected chi connectivity index (χ3v) is 18.3. The number of amides is 4. The average molecular weight is 1010 g/mol. The summed E-state index contributed by atoms with van der Waals surface area (Å²) in [5.74, 6) is -1.10. The van der Waals surface area contributed by atoms with Crippen LogP contribution < -0.4 is 10.6 Å². The van der Waals surface area contributed by atoms with Crippen LogP contribution >= 0.6 is 0 Å². The van der Waals surface area contributed by atoms with Gasteiger partial charge in [0, 0.05) is 95.3 Å². The normalized spacial score (nSPS) is 27.9. The fourth-order valence-corrected chi connectivity index (χ4v) is 14.0. The summed E-state index contributed by atoms with van der Waals surface area (Å²) >= 11 is 0. The van der Waals surface area contributed by atoms with E-state index in [1.807, 2.05) is 49.9 Å². The summed E-state index contributed by atoms with van der Waals surface area (Å²) in [5.41, 5.74) is 3.63. The van der Waals surface area contributed by atoms with E-state index < -0.39 is 18.2 Å². The van der Waals surface area contributed by atoms with E-state index in [1.54, 1.807) is 12.1 Å². The van der Waals surface area contributed by atoms with Gasteiger partial charge in [-0.05, 0) is 124 Å². The number of aromatic nitrogens is 2. The molecule has 10 rings (SSSR count). The van der Waals surface area contributed by atoms with E-state index in [-0.39, 0.29) is 107 Å². The van der Waals surface area contributed by atoms with Crippen molar-refractivity contribution in [1.29, 1.82) is 0 Å². The zero-order valence-electron chi connectivity index (χ0n) is 43.5. The van der Waals surface area contributed by atoms with Crippen LogP contribution in [0.4, 0.5) is 8.78 Å². The molecule has 396 valence electrons. The zero-order chi connectivity index (χ0) is 51.7. The lowest BCUT2D eigenvalue weighted by molar-refractivity contribution is -0.148. The van der Waals surface area contributed by atoms with Gasteiger partial charge in [-0.15, -0.1) is 0 Å². The van der Waals surface area contributed by atoms with Crippen LogP contribution in [0.25, 0.3) is 21.8 Å². The Kier molecular flexibility index (Phi) is 16.3. The molecular weight excluding hydrogens is 931 g/mol. The molecule has 5 N–H and O–H groups in total. The van der Waals surface area contributed by atoms with Gasteiger partial charge in [0.2, 0.25) is 23.6 Å². The summed E-state index contributed by atoms with van der Waals surface area (Å²) in [7, 11) is 0. The van der Waals surface area contributed by atoms with Crippen molar-refractivity contribution in [3.8, 4) is 0 Å². The molecule has 13 nitrogen and oxygen atoms in total. The van der Waals surface area contributed by atoms with Crippen molar-refractivity contribution in [2.24, 2.45) is 35.5 Å². The molecule has 6 aliphatic rings. The predicted octanol–water partition coefficient (Wildman–Crippen LogP) is 9.54. The van der Waals surface area contributed by atoms with Crippen molar-refractivity contribution in [1.82, 2.24) is 30.4 Å². The molecule has 0 spiro atoms. The molecule has 15 heteroatoms. The van der Waals surface area contributed by atoms with Gasteiger partial charge in [0.25, 0.3) is 0 Å². The van der Waals surface area contributed by atoms with Crippen LogP contribution in [0.15, 0.2) is 48.8 Å². The van der Waals surface area contributed by atoms with Crippen LogP contribution in [0.1, 0.15) is 160 Å². The van der Waals surface area contributed by atoms with Crippen molar-refractivity contribution >= 4 is 51.4 Å². The number of carbonyl (C=O) groups excluding carboxylic acids is 5. The van der Waals surface area contributed by atoms with E-state index in [0.717, 1.165) is 123 Å². The molecule has 6 fully saturated rings. The Morgan fingerprint density at radius 3 is 1.53 bits per heavy atom. The summed E-state index contributed by atoms with van der Waals surface area (Å²) < 4.78 is 33.4. The van der Waals surface area contributed by atoms with Crippen molar-refractivity contribution in [3.05, 3.63) is 71.6 Å². The molecule has 4 aromatic rings. The highest BCUT2D eigenvalue weighted by atomic mass is 19.1. The van der Waals surface area contributed by atoms with Crippen molar-refractivity contribution in [2.75, 3.05) is 13.1 Å². The van der Waals surface area contributed by atoms with Gasteiger partial charge >= 0.3 is 5.97 Å². The van der Waals surface area contributed by atoms with Gasteiger partial charge in [0.15, 0.2) is 0 Å². The Labute approximate surface area is 428 Å². The Balaban J connectivity index is 0.000000180. The lowest BCUT2D eigenvalue weighted by atomic mass is 9.82. The van der Waals surface area contributed by atoms with Gasteiger partial charge in [-0.25, -0.2) is 8.78 Å². The number of aromatic amines is 2. The first kappa shape index (κ1) is 52.5. The predicted molar refractivity (Wildman–Crippen MR) is 276 cm³/mol. The minimum atomic E-state index is -0.577. The van der Waals surface area contributed by atoms with Crippen molar-refractivity contribution in [2.45, 2.75) is 186 Å². The highest BCUT2D eigenvalue weighted by Gasteiger charge is 2.55. The SMILES string of the molecule is CC[C@@H](C)C(=O)N[C@H](C(=O)N1C[C@@H](O)[C@H]2CC[C@@H](c3c[nH]c4cc(F)ccc34)[C@H]21)C1CCCCC1.CC[C@@H](C)C(=O)N[C@H](C(=O)N1C[C@@H](OC(C)=O)[C@H]2CC[C@@H](c3c[nH]c4cc(F)ccc34)[C@H]21)C1CCCCC1. The number of hydrogen-bond donors (Lipinski definition) is 5. The van der Waals surface area contributed by atoms with Gasteiger partial charge in [0.1, 0.15) is 29.8 Å². The van der Waals surface area contributed by atoms with Gasteiger partial charge in [0.05, 0.1) is 12.6 Å². The number of fused-ring (bicyclic) bond motifs is 4. The quantitative estimate of drug-likeness (QED) is 0.0829. The van der Waals surface area contributed by atoms with E-state index in [2.05, 4.69) is 20.6 Å². The lowest BCUT2D eigenvalue weighted by Crippen LogP contribution is -2.55. The number of benzene rings is 2. The molecule has 12 atom stereocenters. The number of aliphatic hydroxyl groups excluding tert-OH is 1. The molecule has 0 bridgehead atoms. The second-order valence-electron chi connectivity index (χ2n) is 22.6. The molecule has 0 radical (unpaired) electrons. The first-order valence-electron chi connectivity index (χ1n) is 27.8. The van der Waals surface area contributed by atoms with E-state index in [1.165, 1.54) is 37.6 Å². The summed E-state index contributed by atoms with van der Waals surface area (Å²) in [6.07, 6.45) is 18.1. The molecule has 4 saturated carbocycles. The Morgan fingerprint density at radius 1 is 0.644 bits per heavy atom. The second-order valence-corrected chi connectivity index (χ2v) is 22.6. The van der Waals surface area contributed by atoms with Crippen LogP contribution in [0, 0.1) is 47.1 Å². The third-order valence-electron chi connectivity index (χ3n) is 18.3. The van der Waals surface area contributed by atoms with Crippen LogP contribution in [-0.2, 0) is 28.7 Å². The minimum absolute atomic E-state index is 0.0200. The van der Waals surface area contributed by atoms with Gasteiger partial charge in [-0.2, -0.15) is 0 Å². The fourth-order valence-electron chi connectivity index (χ4n) is 14.0. The number of rotatable bonds is 13. The van der Waals surface area contributed by atoms with Gasteiger partial charge < -0.3 is 40.2 Å². The van der Waals surface area contributed by atoms with Crippen LogP contribution in [0.5, 0.6) is 0 Å². The molecule has 4 aliphatic carbocycles. The van der Waals surface area contributed by atoms with Crippen molar-refractivity contribution in [3.63, 3.8) is 0 Å². The minimum Gasteiger partial charge on any atom is -0.460 e. The van der Waals surface area contributed by atoms with Crippen molar-refractivity contribution < 1.29 is 42.6 Å². The number of likely N-dealkylation sites (tertiary alicyclic amines) is 2. The van der Waals surface area contributed by atoms with Gasteiger partial charge in [-0.1, -0.05) is 66.2 Å². The van der Waals surface area contributed by atoms with E-state index in [0.29, 0.717) is 19.5 Å². The second kappa shape index (κ2) is 22.7. The van der Waals surface area contributed by atoms with E-state index >= 15 is 0 Å². The number of β-amino-alcohol motifs (C(OH)–C–C–N with tert-alkyl or cyclic N) is 1. The molecule has 4 heterocycles. The molecule has 73 heavy (non-hydrogen) atoms. The summed E-state index contributed by atoms with van der Waals surface area (Å²) in [4.78, 5) is 76.7. The van der Waals surface area contributed by atoms with E-state index in [9.17, 15) is 37.9 Å². The number of aliphatic hydroxyl groups is 1. The number of hydrogen-bond acceptors (Lipinski definition) is 7. The first-order valence-corrected chi connectivity index (χ1v) is 27.8. The smallest absolute Gasteiger partial charge is 0.302 e. The average Bonchev–Trinajstić information content (AvgIpc) is 4.27.